The molecule has 0 radical (unpaired) electrons. The van der Waals surface area contributed by atoms with Crippen LogP contribution in [0.3, 0.4) is 0 Å². The third-order valence-electron chi connectivity index (χ3n) is 4.67. The molecule has 6 heteroatoms. The number of benzene rings is 2. The van der Waals surface area contributed by atoms with E-state index in [2.05, 4.69) is 0 Å². The van der Waals surface area contributed by atoms with Gasteiger partial charge in [0.1, 0.15) is 37.1 Å². The SMILES string of the molecule is COc1ccc(OCCn2ccc(=O)c(OCCOc3ccc(C)cc3)c2C)cc1. The summed E-state index contributed by atoms with van der Waals surface area (Å²) in [5, 5.41) is 0. The van der Waals surface area contributed by atoms with E-state index in [0.29, 0.717) is 25.5 Å². The number of aromatic nitrogens is 1. The van der Waals surface area contributed by atoms with Crippen LogP contribution in [0.5, 0.6) is 23.0 Å². The van der Waals surface area contributed by atoms with E-state index in [1.54, 1.807) is 13.3 Å². The number of methoxy groups -OCH3 is 1. The molecular formula is C24H27NO5. The van der Waals surface area contributed by atoms with Crippen LogP contribution in [0.25, 0.3) is 0 Å². The van der Waals surface area contributed by atoms with E-state index in [9.17, 15) is 4.79 Å². The van der Waals surface area contributed by atoms with Crippen molar-refractivity contribution in [2.45, 2.75) is 20.4 Å². The van der Waals surface area contributed by atoms with E-state index < -0.39 is 0 Å². The molecule has 0 N–H and O–H groups in total. The van der Waals surface area contributed by atoms with Crippen LogP contribution < -0.4 is 24.4 Å². The monoisotopic (exact) mass is 409 g/mol. The van der Waals surface area contributed by atoms with Gasteiger partial charge in [-0.15, -0.1) is 0 Å². The lowest BCUT2D eigenvalue weighted by Gasteiger charge is -2.15. The fourth-order valence-electron chi connectivity index (χ4n) is 2.94. The lowest BCUT2D eigenvalue weighted by molar-refractivity contribution is 0.213. The predicted octanol–water partition coefficient (Wildman–Crippen LogP) is 4.01. The molecule has 30 heavy (non-hydrogen) atoms. The molecular weight excluding hydrogens is 382 g/mol. The molecule has 3 aromatic rings. The Morgan fingerprint density at radius 3 is 1.97 bits per heavy atom. The summed E-state index contributed by atoms with van der Waals surface area (Å²) in [6, 6.07) is 16.7. The van der Waals surface area contributed by atoms with Crippen molar-refractivity contribution in [2.75, 3.05) is 26.9 Å². The zero-order valence-corrected chi connectivity index (χ0v) is 17.6. The Kier molecular flexibility index (Phi) is 7.38. The highest BCUT2D eigenvalue weighted by Crippen LogP contribution is 2.17. The summed E-state index contributed by atoms with van der Waals surface area (Å²) in [7, 11) is 1.63. The lowest BCUT2D eigenvalue weighted by Crippen LogP contribution is -2.19. The molecule has 3 rings (SSSR count). The molecule has 158 valence electrons. The summed E-state index contributed by atoms with van der Waals surface area (Å²) in [5.41, 5.74) is 1.79. The summed E-state index contributed by atoms with van der Waals surface area (Å²) in [6.45, 7) is 5.59. The van der Waals surface area contributed by atoms with Crippen LogP contribution >= 0.6 is 0 Å². The molecule has 0 unspecified atom stereocenters. The minimum atomic E-state index is -0.143. The first kappa shape index (κ1) is 21.3. The first-order valence-electron chi connectivity index (χ1n) is 9.86. The van der Waals surface area contributed by atoms with E-state index in [1.807, 2.05) is 66.9 Å². The summed E-state index contributed by atoms with van der Waals surface area (Å²) in [4.78, 5) is 12.2. The third kappa shape index (κ3) is 5.80. The van der Waals surface area contributed by atoms with Gasteiger partial charge < -0.3 is 23.5 Å². The molecule has 0 aliphatic carbocycles. The molecule has 0 saturated heterocycles. The van der Waals surface area contributed by atoms with Gasteiger partial charge in [0.15, 0.2) is 5.75 Å². The number of nitrogens with zero attached hydrogens (tertiary/aromatic N) is 1. The van der Waals surface area contributed by atoms with Crippen molar-refractivity contribution in [1.82, 2.24) is 4.57 Å². The Labute approximate surface area is 176 Å². The average molecular weight is 409 g/mol. The van der Waals surface area contributed by atoms with Crippen LogP contribution in [0.2, 0.25) is 0 Å². The largest absolute Gasteiger partial charge is 0.497 e. The highest BCUT2D eigenvalue weighted by molar-refractivity contribution is 5.31. The molecule has 0 spiro atoms. The summed E-state index contributed by atoms with van der Waals surface area (Å²) < 4.78 is 24.3. The van der Waals surface area contributed by atoms with Crippen LogP contribution in [-0.2, 0) is 6.54 Å². The fourth-order valence-corrected chi connectivity index (χ4v) is 2.94. The molecule has 0 bridgehead atoms. The van der Waals surface area contributed by atoms with Gasteiger partial charge in [0.25, 0.3) is 0 Å². The Balaban J connectivity index is 1.52. The van der Waals surface area contributed by atoms with Crippen molar-refractivity contribution in [2.24, 2.45) is 0 Å². The molecule has 0 aliphatic rings. The zero-order valence-electron chi connectivity index (χ0n) is 17.6. The van der Waals surface area contributed by atoms with Gasteiger partial charge in [0.2, 0.25) is 5.43 Å². The maximum atomic E-state index is 12.2. The van der Waals surface area contributed by atoms with E-state index in [-0.39, 0.29) is 12.0 Å². The molecule has 1 heterocycles. The molecule has 2 aromatic carbocycles. The van der Waals surface area contributed by atoms with Crippen molar-refractivity contribution in [3.8, 4) is 23.0 Å². The Bertz CT molecular complexity index is 994. The minimum Gasteiger partial charge on any atom is -0.497 e. The van der Waals surface area contributed by atoms with Gasteiger partial charge in [-0.2, -0.15) is 0 Å². The highest BCUT2D eigenvalue weighted by Gasteiger charge is 2.09. The smallest absolute Gasteiger partial charge is 0.223 e. The van der Waals surface area contributed by atoms with Crippen LogP contribution in [0, 0.1) is 13.8 Å². The van der Waals surface area contributed by atoms with E-state index in [0.717, 1.165) is 22.9 Å². The molecule has 0 aliphatic heterocycles. The van der Waals surface area contributed by atoms with Gasteiger partial charge in [-0.1, -0.05) is 17.7 Å². The number of ether oxygens (including phenoxy) is 4. The van der Waals surface area contributed by atoms with E-state index >= 15 is 0 Å². The first-order chi connectivity index (χ1) is 14.6. The number of hydrogen-bond donors (Lipinski definition) is 0. The number of hydrogen-bond acceptors (Lipinski definition) is 5. The fraction of sp³-hybridized carbons (Fsp3) is 0.292. The Morgan fingerprint density at radius 2 is 1.30 bits per heavy atom. The van der Waals surface area contributed by atoms with Gasteiger partial charge >= 0.3 is 0 Å². The number of aryl methyl sites for hydroxylation is 1. The van der Waals surface area contributed by atoms with Gasteiger partial charge in [0.05, 0.1) is 19.3 Å². The molecule has 0 atom stereocenters. The normalized spacial score (nSPS) is 10.5. The minimum absolute atomic E-state index is 0.143. The van der Waals surface area contributed by atoms with E-state index in [4.69, 9.17) is 18.9 Å². The molecule has 1 aromatic heterocycles. The van der Waals surface area contributed by atoms with Gasteiger partial charge in [-0.25, -0.2) is 0 Å². The first-order valence-corrected chi connectivity index (χ1v) is 9.86. The maximum Gasteiger partial charge on any atom is 0.223 e. The third-order valence-corrected chi connectivity index (χ3v) is 4.67. The summed E-state index contributed by atoms with van der Waals surface area (Å²) >= 11 is 0. The van der Waals surface area contributed by atoms with Gasteiger partial charge in [-0.3, -0.25) is 4.79 Å². The van der Waals surface area contributed by atoms with Gasteiger partial charge in [-0.05, 0) is 50.2 Å². The van der Waals surface area contributed by atoms with Crippen molar-refractivity contribution >= 4 is 0 Å². The number of rotatable bonds is 10. The van der Waals surface area contributed by atoms with Crippen LogP contribution in [-0.4, -0.2) is 31.5 Å². The second-order valence-electron chi connectivity index (χ2n) is 6.82. The Hall–Kier alpha value is -3.41. The quantitative estimate of drug-likeness (QED) is 0.474. The second kappa shape index (κ2) is 10.4. The number of pyridine rings is 1. The summed E-state index contributed by atoms with van der Waals surface area (Å²) in [5.74, 6) is 2.67. The Morgan fingerprint density at radius 1 is 0.733 bits per heavy atom. The molecule has 0 amide bonds. The molecule has 6 nitrogen and oxygen atoms in total. The standard InChI is InChI=1S/C24H27NO5/c1-18-4-6-21(7-5-18)29-16-17-30-24-19(2)25(13-12-23(24)26)14-15-28-22-10-8-20(27-3)9-11-22/h4-13H,14-17H2,1-3H3. The maximum absolute atomic E-state index is 12.2. The predicted molar refractivity (Wildman–Crippen MR) is 116 cm³/mol. The zero-order chi connectivity index (χ0) is 21.3. The second-order valence-corrected chi connectivity index (χ2v) is 6.82. The van der Waals surface area contributed by atoms with E-state index in [1.165, 1.54) is 11.6 Å². The van der Waals surface area contributed by atoms with Crippen molar-refractivity contribution in [1.29, 1.82) is 0 Å². The molecule has 0 saturated carbocycles. The van der Waals surface area contributed by atoms with Gasteiger partial charge in [0, 0.05) is 12.3 Å². The topological polar surface area (TPSA) is 58.9 Å². The van der Waals surface area contributed by atoms with Crippen molar-refractivity contribution in [3.05, 3.63) is 82.3 Å². The molecule has 0 fully saturated rings. The summed E-state index contributed by atoms with van der Waals surface area (Å²) in [6.07, 6.45) is 1.75. The van der Waals surface area contributed by atoms with Crippen molar-refractivity contribution in [3.63, 3.8) is 0 Å². The lowest BCUT2D eigenvalue weighted by atomic mass is 10.2. The van der Waals surface area contributed by atoms with Crippen LogP contribution in [0.4, 0.5) is 0 Å². The van der Waals surface area contributed by atoms with Crippen LogP contribution in [0.15, 0.2) is 65.6 Å². The average Bonchev–Trinajstić information content (AvgIpc) is 2.76. The highest BCUT2D eigenvalue weighted by atomic mass is 16.5. The van der Waals surface area contributed by atoms with Crippen LogP contribution in [0.1, 0.15) is 11.3 Å². The van der Waals surface area contributed by atoms with Crippen molar-refractivity contribution < 1.29 is 18.9 Å².